The molecular formula is C13H22N2OS. The molecule has 1 rings (SSSR count). The molecule has 2 N–H and O–H groups in total. The number of nitrogens with zero attached hydrogens (tertiary/aromatic N) is 1. The van der Waals surface area contributed by atoms with Crippen LogP contribution >= 0.6 is 11.3 Å². The lowest BCUT2D eigenvalue weighted by molar-refractivity contribution is -0.135. The Morgan fingerprint density at radius 1 is 1.47 bits per heavy atom. The first-order valence-corrected chi connectivity index (χ1v) is 6.86. The van der Waals surface area contributed by atoms with Crippen molar-refractivity contribution in [3.05, 3.63) is 22.4 Å². The molecule has 0 aliphatic carbocycles. The fourth-order valence-electron chi connectivity index (χ4n) is 1.62. The van der Waals surface area contributed by atoms with Crippen LogP contribution in [0.2, 0.25) is 0 Å². The molecule has 1 heterocycles. The van der Waals surface area contributed by atoms with Gasteiger partial charge in [-0.15, -0.1) is 11.3 Å². The summed E-state index contributed by atoms with van der Waals surface area (Å²) < 4.78 is 0. The molecule has 3 atom stereocenters. The maximum atomic E-state index is 12.1. The van der Waals surface area contributed by atoms with Gasteiger partial charge in [-0.25, -0.2) is 0 Å². The van der Waals surface area contributed by atoms with E-state index in [1.807, 2.05) is 31.9 Å². The standard InChI is InChI=1S/C13H22N2OS/c1-9(8-12-6-5-7-17-12)15(4)13(16)10(2)11(3)14/h5-7,9-11H,8,14H2,1-4H3. The number of hydrogen-bond acceptors (Lipinski definition) is 3. The van der Waals surface area contributed by atoms with Gasteiger partial charge in [0.15, 0.2) is 0 Å². The second kappa shape index (κ2) is 6.17. The minimum atomic E-state index is -0.120. The van der Waals surface area contributed by atoms with Crippen LogP contribution in [0.1, 0.15) is 25.6 Å². The number of amides is 1. The topological polar surface area (TPSA) is 46.3 Å². The Balaban J connectivity index is 2.57. The molecule has 3 unspecified atom stereocenters. The molecule has 0 aliphatic rings. The summed E-state index contributed by atoms with van der Waals surface area (Å²) in [5.74, 6) is 0.00911. The average Bonchev–Trinajstić information content (AvgIpc) is 2.78. The van der Waals surface area contributed by atoms with Crippen molar-refractivity contribution in [3.8, 4) is 0 Å². The fourth-order valence-corrected chi connectivity index (χ4v) is 2.45. The molecule has 0 aromatic carbocycles. The first-order chi connectivity index (χ1) is 7.93. The zero-order valence-electron chi connectivity index (χ0n) is 11.0. The van der Waals surface area contributed by atoms with E-state index in [1.54, 1.807) is 11.3 Å². The van der Waals surface area contributed by atoms with Crippen molar-refractivity contribution in [2.75, 3.05) is 7.05 Å². The summed E-state index contributed by atoms with van der Waals surface area (Å²) >= 11 is 1.73. The Morgan fingerprint density at radius 3 is 2.59 bits per heavy atom. The molecule has 0 saturated heterocycles. The fraction of sp³-hybridized carbons (Fsp3) is 0.615. The smallest absolute Gasteiger partial charge is 0.226 e. The van der Waals surface area contributed by atoms with Crippen molar-refractivity contribution in [3.63, 3.8) is 0 Å². The normalized spacial score (nSPS) is 16.3. The van der Waals surface area contributed by atoms with E-state index in [0.29, 0.717) is 0 Å². The van der Waals surface area contributed by atoms with Crippen molar-refractivity contribution in [1.29, 1.82) is 0 Å². The first-order valence-electron chi connectivity index (χ1n) is 5.98. The predicted molar refractivity (Wildman–Crippen MR) is 73.1 cm³/mol. The van der Waals surface area contributed by atoms with Crippen LogP contribution in [0.4, 0.5) is 0 Å². The third-order valence-corrected chi connectivity index (χ3v) is 4.16. The predicted octanol–water partition coefficient (Wildman–Crippen LogP) is 2.12. The average molecular weight is 254 g/mol. The maximum absolute atomic E-state index is 12.1. The molecule has 0 bridgehead atoms. The summed E-state index contributed by atoms with van der Waals surface area (Å²) in [6.45, 7) is 5.84. The lowest BCUT2D eigenvalue weighted by Gasteiger charge is -2.28. The van der Waals surface area contributed by atoms with Crippen LogP contribution in [0.3, 0.4) is 0 Å². The highest BCUT2D eigenvalue weighted by Gasteiger charge is 2.24. The Hall–Kier alpha value is -0.870. The molecule has 1 aromatic rings. The maximum Gasteiger partial charge on any atom is 0.226 e. The minimum absolute atomic E-state index is 0.0983. The van der Waals surface area contributed by atoms with Gasteiger partial charge in [-0.3, -0.25) is 4.79 Å². The van der Waals surface area contributed by atoms with E-state index in [2.05, 4.69) is 18.4 Å². The van der Waals surface area contributed by atoms with Crippen LogP contribution in [0.25, 0.3) is 0 Å². The number of carbonyl (C=O) groups is 1. The van der Waals surface area contributed by atoms with Crippen molar-refractivity contribution in [2.24, 2.45) is 11.7 Å². The van der Waals surface area contributed by atoms with Gasteiger partial charge in [0.2, 0.25) is 5.91 Å². The van der Waals surface area contributed by atoms with Gasteiger partial charge >= 0.3 is 0 Å². The summed E-state index contributed by atoms with van der Waals surface area (Å²) in [5.41, 5.74) is 5.77. The van der Waals surface area contributed by atoms with Crippen LogP contribution in [0.5, 0.6) is 0 Å². The lowest BCUT2D eigenvalue weighted by Crippen LogP contribution is -2.44. The molecule has 1 amide bonds. The summed E-state index contributed by atoms with van der Waals surface area (Å²) in [6, 6.07) is 4.26. The van der Waals surface area contributed by atoms with Gasteiger partial charge < -0.3 is 10.6 Å². The zero-order valence-corrected chi connectivity index (χ0v) is 11.8. The lowest BCUT2D eigenvalue weighted by atomic mass is 10.0. The Morgan fingerprint density at radius 2 is 2.12 bits per heavy atom. The Kier molecular flexibility index (Phi) is 5.15. The second-order valence-corrected chi connectivity index (χ2v) is 5.76. The highest BCUT2D eigenvalue weighted by atomic mass is 32.1. The van der Waals surface area contributed by atoms with Gasteiger partial charge in [-0.1, -0.05) is 13.0 Å². The van der Waals surface area contributed by atoms with E-state index in [4.69, 9.17) is 5.73 Å². The summed E-state index contributed by atoms with van der Waals surface area (Å²) in [6.07, 6.45) is 0.908. The van der Waals surface area contributed by atoms with Crippen LogP contribution in [-0.4, -0.2) is 29.9 Å². The largest absolute Gasteiger partial charge is 0.342 e. The highest BCUT2D eigenvalue weighted by Crippen LogP contribution is 2.15. The third-order valence-electron chi connectivity index (χ3n) is 3.26. The van der Waals surface area contributed by atoms with Crippen LogP contribution in [0.15, 0.2) is 17.5 Å². The molecule has 0 spiro atoms. The van der Waals surface area contributed by atoms with E-state index in [9.17, 15) is 4.79 Å². The number of nitrogens with two attached hydrogens (primary N) is 1. The summed E-state index contributed by atoms with van der Waals surface area (Å²) in [5, 5.41) is 2.06. The molecule has 17 heavy (non-hydrogen) atoms. The van der Waals surface area contributed by atoms with Gasteiger partial charge in [0.05, 0.1) is 5.92 Å². The number of likely N-dealkylation sites (N-methyl/N-ethyl adjacent to an activating group) is 1. The SMILES string of the molecule is CC(N)C(C)C(=O)N(C)C(C)Cc1cccs1. The minimum Gasteiger partial charge on any atom is -0.342 e. The van der Waals surface area contributed by atoms with E-state index < -0.39 is 0 Å². The Labute approximate surface area is 108 Å². The van der Waals surface area contributed by atoms with Gasteiger partial charge in [0.25, 0.3) is 0 Å². The van der Waals surface area contributed by atoms with E-state index >= 15 is 0 Å². The summed E-state index contributed by atoms with van der Waals surface area (Å²) in [4.78, 5) is 15.2. The molecular weight excluding hydrogens is 232 g/mol. The number of rotatable bonds is 5. The number of thiophene rings is 1. The zero-order chi connectivity index (χ0) is 13.0. The summed E-state index contributed by atoms with van der Waals surface area (Å²) in [7, 11) is 1.86. The van der Waals surface area contributed by atoms with Gasteiger partial charge in [0.1, 0.15) is 0 Å². The molecule has 96 valence electrons. The van der Waals surface area contributed by atoms with E-state index in [-0.39, 0.29) is 23.9 Å². The van der Waals surface area contributed by atoms with Gasteiger partial charge in [0, 0.05) is 30.4 Å². The molecule has 0 saturated carbocycles. The van der Waals surface area contributed by atoms with Crippen molar-refractivity contribution in [2.45, 2.75) is 39.3 Å². The molecule has 0 fully saturated rings. The molecule has 1 aromatic heterocycles. The first kappa shape index (κ1) is 14.2. The van der Waals surface area contributed by atoms with Crippen molar-refractivity contribution >= 4 is 17.2 Å². The Bertz CT molecular complexity index is 348. The van der Waals surface area contributed by atoms with Crippen LogP contribution < -0.4 is 5.73 Å². The second-order valence-electron chi connectivity index (χ2n) is 4.73. The number of hydrogen-bond donors (Lipinski definition) is 1. The van der Waals surface area contributed by atoms with E-state index in [0.717, 1.165) is 6.42 Å². The quantitative estimate of drug-likeness (QED) is 0.875. The monoisotopic (exact) mass is 254 g/mol. The third kappa shape index (κ3) is 3.82. The van der Waals surface area contributed by atoms with Crippen molar-refractivity contribution < 1.29 is 4.79 Å². The molecule has 0 aliphatic heterocycles. The highest BCUT2D eigenvalue weighted by molar-refractivity contribution is 7.09. The van der Waals surface area contributed by atoms with Gasteiger partial charge in [-0.05, 0) is 25.3 Å². The van der Waals surface area contributed by atoms with Crippen LogP contribution in [-0.2, 0) is 11.2 Å². The van der Waals surface area contributed by atoms with Crippen LogP contribution in [0, 0.1) is 5.92 Å². The van der Waals surface area contributed by atoms with E-state index in [1.165, 1.54) is 4.88 Å². The van der Waals surface area contributed by atoms with Crippen molar-refractivity contribution in [1.82, 2.24) is 4.90 Å². The van der Waals surface area contributed by atoms with Gasteiger partial charge in [-0.2, -0.15) is 0 Å². The molecule has 4 heteroatoms. The number of carbonyl (C=O) groups excluding carboxylic acids is 1. The molecule has 3 nitrogen and oxygen atoms in total. The molecule has 0 radical (unpaired) electrons.